The van der Waals surface area contributed by atoms with E-state index in [1.54, 1.807) is 0 Å². The van der Waals surface area contributed by atoms with Crippen LogP contribution in [0.2, 0.25) is 0 Å². The number of ether oxygens (including phenoxy) is 1. The van der Waals surface area contributed by atoms with Crippen molar-refractivity contribution in [2.75, 3.05) is 43.0 Å². The van der Waals surface area contributed by atoms with Gasteiger partial charge in [-0.15, -0.1) is 0 Å². The fourth-order valence-electron chi connectivity index (χ4n) is 4.31. The van der Waals surface area contributed by atoms with E-state index in [1.165, 1.54) is 4.90 Å². The second-order valence-corrected chi connectivity index (χ2v) is 12.3. The van der Waals surface area contributed by atoms with Gasteiger partial charge in [0, 0.05) is 50.5 Å². The summed E-state index contributed by atoms with van der Waals surface area (Å²) in [5.74, 6) is 0.0226. The molecule has 2 saturated heterocycles. The average Bonchev–Trinajstić information content (AvgIpc) is 2.67. The highest BCUT2D eigenvalue weighted by Gasteiger charge is 2.35. The zero-order chi connectivity index (χ0) is 24.4. The molecule has 3 rings (SSSR count). The highest BCUT2D eigenvalue weighted by Crippen LogP contribution is 2.22. The maximum atomic E-state index is 12.6. The Morgan fingerprint density at radius 2 is 1.58 bits per heavy atom. The SMILES string of the molecule is C[C@@H]1CN(Cc2ccc(NC(=O)N3CCS(=O)(=O)CC3)cc2)C[C@H](C)N1C(=O)OC(C)(C)C. The van der Waals surface area contributed by atoms with Gasteiger partial charge in [0.05, 0.1) is 11.5 Å². The minimum Gasteiger partial charge on any atom is -0.444 e. The van der Waals surface area contributed by atoms with E-state index in [-0.39, 0.29) is 48.8 Å². The Hall–Kier alpha value is -2.33. The van der Waals surface area contributed by atoms with Gasteiger partial charge in [0.15, 0.2) is 9.84 Å². The summed E-state index contributed by atoms with van der Waals surface area (Å²) < 4.78 is 28.6. The third kappa shape index (κ3) is 7.07. The number of piperazine rings is 1. The summed E-state index contributed by atoms with van der Waals surface area (Å²) in [6.07, 6.45) is -0.270. The number of rotatable bonds is 3. The summed E-state index contributed by atoms with van der Waals surface area (Å²) in [5.41, 5.74) is 1.27. The van der Waals surface area contributed by atoms with Crippen LogP contribution in [0.4, 0.5) is 15.3 Å². The van der Waals surface area contributed by atoms with E-state index in [4.69, 9.17) is 4.74 Å². The molecule has 1 aromatic rings. The van der Waals surface area contributed by atoms with Crippen LogP contribution >= 0.6 is 0 Å². The second-order valence-electron chi connectivity index (χ2n) is 10.0. The normalized spacial score (nSPS) is 23.8. The first kappa shape index (κ1) is 25.3. The molecular formula is C23H36N4O5S. The zero-order valence-electron chi connectivity index (χ0n) is 20.2. The Balaban J connectivity index is 1.52. The van der Waals surface area contributed by atoms with E-state index in [0.29, 0.717) is 5.69 Å². The van der Waals surface area contributed by atoms with Crippen molar-refractivity contribution in [1.29, 1.82) is 0 Å². The van der Waals surface area contributed by atoms with Gasteiger partial charge in [0.25, 0.3) is 0 Å². The first-order chi connectivity index (χ1) is 15.3. The lowest BCUT2D eigenvalue weighted by atomic mass is 10.1. The van der Waals surface area contributed by atoms with Gasteiger partial charge >= 0.3 is 12.1 Å². The Morgan fingerprint density at radius 1 is 1.03 bits per heavy atom. The molecule has 0 radical (unpaired) electrons. The van der Waals surface area contributed by atoms with Crippen molar-refractivity contribution in [3.8, 4) is 0 Å². The largest absolute Gasteiger partial charge is 0.444 e. The van der Waals surface area contributed by atoms with Crippen LogP contribution in [0.3, 0.4) is 0 Å². The molecule has 184 valence electrons. The third-order valence-electron chi connectivity index (χ3n) is 5.84. The lowest BCUT2D eigenvalue weighted by molar-refractivity contribution is -0.0162. The van der Waals surface area contributed by atoms with Crippen molar-refractivity contribution in [3.63, 3.8) is 0 Å². The summed E-state index contributed by atoms with van der Waals surface area (Å²) in [5, 5.41) is 2.84. The van der Waals surface area contributed by atoms with Gasteiger partial charge < -0.3 is 19.9 Å². The molecule has 0 aromatic heterocycles. The number of sulfone groups is 1. The van der Waals surface area contributed by atoms with Crippen LogP contribution in [-0.4, -0.2) is 90.6 Å². The van der Waals surface area contributed by atoms with Crippen molar-refractivity contribution < 1.29 is 22.7 Å². The standard InChI is InChI=1S/C23H36N4O5S/c1-17-14-25(15-18(2)27(17)22(29)32-23(3,4)5)16-19-6-8-20(9-7-19)24-21(28)26-10-12-33(30,31)13-11-26/h6-9,17-18H,10-16H2,1-5H3,(H,24,28)/t17-,18+. The van der Waals surface area contributed by atoms with E-state index in [1.807, 2.05) is 63.8 Å². The topological polar surface area (TPSA) is 99.3 Å². The molecule has 2 atom stereocenters. The van der Waals surface area contributed by atoms with Crippen LogP contribution in [0.15, 0.2) is 24.3 Å². The van der Waals surface area contributed by atoms with Crippen molar-refractivity contribution >= 4 is 27.6 Å². The van der Waals surface area contributed by atoms with E-state index >= 15 is 0 Å². The van der Waals surface area contributed by atoms with Gasteiger partial charge in [0.1, 0.15) is 5.60 Å². The molecule has 2 aliphatic heterocycles. The Morgan fingerprint density at radius 3 is 2.09 bits per heavy atom. The van der Waals surface area contributed by atoms with Crippen LogP contribution in [0, 0.1) is 0 Å². The molecule has 3 amide bonds. The van der Waals surface area contributed by atoms with Gasteiger partial charge in [-0.05, 0) is 52.3 Å². The molecule has 0 bridgehead atoms. The summed E-state index contributed by atoms with van der Waals surface area (Å²) in [6.45, 7) is 12.4. The maximum absolute atomic E-state index is 12.6. The molecule has 1 aromatic carbocycles. The maximum Gasteiger partial charge on any atom is 0.410 e. The number of benzene rings is 1. The lowest BCUT2D eigenvalue weighted by Gasteiger charge is -2.44. The van der Waals surface area contributed by atoms with Gasteiger partial charge in [-0.25, -0.2) is 18.0 Å². The van der Waals surface area contributed by atoms with Gasteiger partial charge in [0.2, 0.25) is 0 Å². The molecule has 1 N–H and O–H groups in total. The fourth-order valence-corrected chi connectivity index (χ4v) is 5.51. The molecule has 0 spiro atoms. The third-order valence-corrected chi connectivity index (χ3v) is 7.45. The number of nitrogens with one attached hydrogen (secondary N) is 1. The minimum atomic E-state index is -3.02. The number of carbonyl (C=O) groups excluding carboxylic acids is 2. The summed E-state index contributed by atoms with van der Waals surface area (Å²) in [6, 6.07) is 7.47. The number of hydrogen-bond donors (Lipinski definition) is 1. The van der Waals surface area contributed by atoms with Gasteiger partial charge in [-0.1, -0.05) is 12.1 Å². The van der Waals surface area contributed by atoms with Crippen LogP contribution in [0.25, 0.3) is 0 Å². The molecule has 10 heteroatoms. The molecule has 0 unspecified atom stereocenters. The first-order valence-corrected chi connectivity index (χ1v) is 13.2. The molecular weight excluding hydrogens is 444 g/mol. The highest BCUT2D eigenvalue weighted by atomic mass is 32.2. The van der Waals surface area contributed by atoms with E-state index in [0.717, 1.165) is 25.2 Å². The zero-order valence-corrected chi connectivity index (χ0v) is 21.0. The summed E-state index contributed by atoms with van der Waals surface area (Å²) >= 11 is 0. The van der Waals surface area contributed by atoms with Crippen molar-refractivity contribution in [2.45, 2.75) is 58.8 Å². The van der Waals surface area contributed by atoms with E-state index < -0.39 is 15.4 Å². The van der Waals surface area contributed by atoms with Crippen molar-refractivity contribution in [2.24, 2.45) is 0 Å². The Kier molecular flexibility index (Phi) is 7.58. The van der Waals surface area contributed by atoms with Crippen LogP contribution in [0.5, 0.6) is 0 Å². The van der Waals surface area contributed by atoms with E-state index in [9.17, 15) is 18.0 Å². The monoisotopic (exact) mass is 480 g/mol. The minimum absolute atomic E-state index is 0.0113. The Labute approximate surface area is 197 Å². The summed E-state index contributed by atoms with van der Waals surface area (Å²) in [4.78, 5) is 30.7. The molecule has 2 fully saturated rings. The second kappa shape index (κ2) is 9.89. The van der Waals surface area contributed by atoms with Crippen LogP contribution < -0.4 is 5.32 Å². The molecule has 0 saturated carbocycles. The Bertz CT molecular complexity index is 932. The number of anilines is 1. The van der Waals surface area contributed by atoms with Crippen molar-refractivity contribution in [3.05, 3.63) is 29.8 Å². The summed E-state index contributed by atoms with van der Waals surface area (Å²) in [7, 11) is -3.02. The smallest absolute Gasteiger partial charge is 0.410 e. The van der Waals surface area contributed by atoms with Gasteiger partial charge in [-0.3, -0.25) is 4.90 Å². The molecule has 33 heavy (non-hydrogen) atoms. The number of amides is 3. The van der Waals surface area contributed by atoms with Crippen LogP contribution in [0.1, 0.15) is 40.2 Å². The fraction of sp³-hybridized carbons (Fsp3) is 0.652. The average molecular weight is 481 g/mol. The predicted molar refractivity (Wildman–Crippen MR) is 128 cm³/mol. The number of hydrogen-bond acceptors (Lipinski definition) is 6. The molecule has 9 nitrogen and oxygen atoms in total. The highest BCUT2D eigenvalue weighted by molar-refractivity contribution is 7.91. The number of nitrogens with zero attached hydrogens (tertiary/aromatic N) is 3. The molecule has 0 aliphatic carbocycles. The van der Waals surface area contributed by atoms with Crippen molar-refractivity contribution in [1.82, 2.24) is 14.7 Å². The van der Waals surface area contributed by atoms with Crippen LogP contribution in [-0.2, 0) is 21.1 Å². The predicted octanol–water partition coefficient (Wildman–Crippen LogP) is 2.78. The molecule has 2 aliphatic rings. The van der Waals surface area contributed by atoms with E-state index in [2.05, 4.69) is 10.2 Å². The van der Waals surface area contributed by atoms with Gasteiger partial charge in [-0.2, -0.15) is 0 Å². The number of urea groups is 1. The first-order valence-electron chi connectivity index (χ1n) is 11.4. The lowest BCUT2D eigenvalue weighted by Crippen LogP contribution is -2.59. The number of carbonyl (C=O) groups is 2. The quantitative estimate of drug-likeness (QED) is 0.714. The molecule has 2 heterocycles.